The second kappa shape index (κ2) is 18.2. The Balaban J connectivity index is -0.00000288. The van der Waals surface area contributed by atoms with Crippen LogP contribution in [-0.2, 0) is 9.13 Å². The van der Waals surface area contributed by atoms with Gasteiger partial charge in [-0.05, 0) is 13.0 Å². The van der Waals surface area contributed by atoms with E-state index in [1.807, 2.05) is 0 Å². The highest BCUT2D eigenvalue weighted by atomic mass is 31.2. The molecule has 0 saturated heterocycles. The van der Waals surface area contributed by atoms with Gasteiger partial charge in [0.2, 0.25) is 0 Å². The summed E-state index contributed by atoms with van der Waals surface area (Å²) in [6, 6.07) is 0. The molecule has 9 nitrogen and oxygen atoms in total. The summed E-state index contributed by atoms with van der Waals surface area (Å²) in [6.45, 7) is 2.52. The van der Waals surface area contributed by atoms with Crippen molar-refractivity contribution in [2.75, 3.05) is 19.1 Å². The van der Waals surface area contributed by atoms with Crippen LogP contribution in [0.15, 0.2) is 0 Å². The lowest BCUT2D eigenvalue weighted by Gasteiger charge is -2.22. The van der Waals surface area contributed by atoms with Crippen molar-refractivity contribution in [2.24, 2.45) is 0 Å². The highest BCUT2D eigenvalue weighted by Crippen LogP contribution is 2.40. The SMILES string of the molecule is CCCCCCCCCCCCCCN(CP(=O)(O)O)CP(=O)(O)O.N.N. The monoisotopic (exact) mass is 435 g/mol. The van der Waals surface area contributed by atoms with Gasteiger partial charge < -0.3 is 31.9 Å². The van der Waals surface area contributed by atoms with Crippen LogP contribution in [0.5, 0.6) is 0 Å². The van der Waals surface area contributed by atoms with Crippen LogP contribution in [0.25, 0.3) is 0 Å². The van der Waals surface area contributed by atoms with Crippen LogP contribution in [0.3, 0.4) is 0 Å². The number of nitrogens with zero attached hydrogens (tertiary/aromatic N) is 1. The predicted octanol–water partition coefficient (Wildman–Crippen LogP) is 4.58. The van der Waals surface area contributed by atoms with Gasteiger partial charge in [0.25, 0.3) is 0 Å². The molecule has 0 amide bonds. The Hall–Kier alpha value is 0.180. The molecular weight excluding hydrogens is 392 g/mol. The van der Waals surface area contributed by atoms with E-state index in [0.717, 1.165) is 19.3 Å². The maximum absolute atomic E-state index is 11.0. The van der Waals surface area contributed by atoms with Gasteiger partial charge in [-0.1, -0.05) is 77.6 Å². The van der Waals surface area contributed by atoms with Crippen molar-refractivity contribution < 1.29 is 28.7 Å². The second-order valence-electron chi connectivity index (χ2n) is 6.90. The molecule has 0 unspecified atom stereocenters. The van der Waals surface area contributed by atoms with Crippen molar-refractivity contribution >= 4 is 15.2 Å². The van der Waals surface area contributed by atoms with E-state index in [-0.39, 0.29) is 12.3 Å². The quantitative estimate of drug-likeness (QED) is 0.140. The summed E-state index contributed by atoms with van der Waals surface area (Å²) >= 11 is 0. The van der Waals surface area contributed by atoms with Gasteiger partial charge in [0.1, 0.15) is 12.6 Å². The zero-order valence-electron chi connectivity index (χ0n) is 17.0. The normalized spacial score (nSPS) is 11.9. The van der Waals surface area contributed by atoms with Crippen LogP contribution in [0.1, 0.15) is 84.0 Å². The first kappa shape index (κ1) is 31.9. The fraction of sp³-hybridized carbons (Fsp3) is 1.00. The Bertz CT molecular complexity index is 393. The molecule has 0 heterocycles. The first-order chi connectivity index (χ1) is 11.6. The summed E-state index contributed by atoms with van der Waals surface area (Å²) in [5.41, 5.74) is 0. The first-order valence-corrected chi connectivity index (χ1v) is 13.0. The van der Waals surface area contributed by atoms with Crippen LogP contribution in [0.2, 0.25) is 0 Å². The standard InChI is InChI=1S/C16H37NO6P2.2H3N/c1-2-3-4-5-6-7-8-9-10-11-12-13-14-17(15-24(18,19)20)16-25(21,22)23;;/h2-16H2,1H3,(H2,18,19,20)(H2,21,22,23);2*1H3. The van der Waals surface area contributed by atoms with Crippen LogP contribution in [0, 0.1) is 0 Å². The molecular formula is C16H43N3O6P2. The Kier molecular flexibility index (Phi) is 21.5. The largest absolute Gasteiger partial charge is 0.344 e. The molecule has 0 spiro atoms. The summed E-state index contributed by atoms with van der Waals surface area (Å²) in [5, 5.41) is 0. The second-order valence-corrected chi connectivity index (χ2v) is 10.1. The lowest BCUT2D eigenvalue weighted by Crippen LogP contribution is -2.27. The molecule has 11 heteroatoms. The van der Waals surface area contributed by atoms with Gasteiger partial charge in [-0.15, -0.1) is 0 Å². The molecule has 0 aliphatic carbocycles. The number of hydrogen-bond donors (Lipinski definition) is 6. The Morgan fingerprint density at radius 1 is 0.593 bits per heavy atom. The summed E-state index contributed by atoms with van der Waals surface area (Å²) in [7, 11) is -8.62. The highest BCUT2D eigenvalue weighted by Gasteiger charge is 2.25. The van der Waals surface area contributed by atoms with E-state index in [0.29, 0.717) is 13.0 Å². The van der Waals surface area contributed by atoms with Gasteiger partial charge in [-0.3, -0.25) is 14.0 Å². The molecule has 0 atom stereocenters. The molecule has 0 bridgehead atoms. The number of hydrogen-bond acceptors (Lipinski definition) is 5. The molecule has 0 rings (SSSR count). The van der Waals surface area contributed by atoms with Crippen LogP contribution >= 0.6 is 15.2 Å². The van der Waals surface area contributed by atoms with Crippen molar-refractivity contribution in [2.45, 2.75) is 84.0 Å². The summed E-state index contributed by atoms with van der Waals surface area (Å²) in [5.74, 6) is 0. The molecule has 0 aliphatic rings. The zero-order valence-corrected chi connectivity index (χ0v) is 18.8. The first-order valence-electron chi connectivity index (χ1n) is 9.45. The van der Waals surface area contributed by atoms with Gasteiger partial charge in [0, 0.05) is 0 Å². The highest BCUT2D eigenvalue weighted by molar-refractivity contribution is 7.52. The lowest BCUT2D eigenvalue weighted by molar-refractivity contribution is 0.273. The lowest BCUT2D eigenvalue weighted by atomic mass is 10.1. The predicted molar refractivity (Wildman–Crippen MR) is 112 cm³/mol. The van der Waals surface area contributed by atoms with Crippen molar-refractivity contribution in [3.8, 4) is 0 Å². The molecule has 0 aromatic rings. The maximum Gasteiger partial charge on any atom is 0.339 e. The Morgan fingerprint density at radius 3 is 1.19 bits per heavy atom. The van der Waals surface area contributed by atoms with E-state index in [1.54, 1.807) is 0 Å². The molecule has 0 aliphatic heterocycles. The van der Waals surface area contributed by atoms with Gasteiger partial charge in [0.15, 0.2) is 0 Å². The van der Waals surface area contributed by atoms with E-state index in [2.05, 4.69) is 6.92 Å². The van der Waals surface area contributed by atoms with E-state index >= 15 is 0 Å². The van der Waals surface area contributed by atoms with Gasteiger partial charge >= 0.3 is 15.2 Å². The van der Waals surface area contributed by atoms with Crippen molar-refractivity contribution in [3.05, 3.63) is 0 Å². The average molecular weight is 435 g/mol. The molecule has 0 aromatic carbocycles. The molecule has 0 aromatic heterocycles. The molecule has 0 saturated carbocycles. The van der Waals surface area contributed by atoms with Crippen LogP contribution in [0.4, 0.5) is 0 Å². The van der Waals surface area contributed by atoms with E-state index in [1.165, 1.54) is 56.3 Å². The van der Waals surface area contributed by atoms with Crippen LogP contribution < -0.4 is 12.3 Å². The number of unbranched alkanes of at least 4 members (excludes halogenated alkanes) is 11. The summed E-state index contributed by atoms with van der Waals surface area (Å²) in [4.78, 5) is 37.1. The minimum atomic E-state index is -4.31. The third-order valence-corrected chi connectivity index (χ3v) is 5.63. The van der Waals surface area contributed by atoms with E-state index in [4.69, 9.17) is 19.6 Å². The van der Waals surface area contributed by atoms with Crippen LogP contribution in [-0.4, -0.2) is 43.6 Å². The number of rotatable bonds is 17. The fourth-order valence-corrected chi connectivity index (χ4v) is 4.57. The molecule has 0 radical (unpaired) electrons. The van der Waals surface area contributed by atoms with E-state index < -0.39 is 27.8 Å². The third-order valence-electron chi connectivity index (χ3n) is 4.10. The summed E-state index contributed by atoms with van der Waals surface area (Å²) in [6.07, 6.45) is 13.0. The Labute approximate surface area is 164 Å². The smallest absolute Gasteiger partial charge is 0.339 e. The topological polar surface area (TPSA) is 188 Å². The van der Waals surface area contributed by atoms with E-state index in [9.17, 15) is 9.13 Å². The minimum Gasteiger partial charge on any atom is -0.344 e. The van der Waals surface area contributed by atoms with Gasteiger partial charge in [-0.2, -0.15) is 0 Å². The summed E-state index contributed by atoms with van der Waals surface area (Å²) < 4.78 is 22.1. The molecule has 0 fully saturated rings. The van der Waals surface area contributed by atoms with Gasteiger partial charge in [0.05, 0.1) is 0 Å². The fourth-order valence-electron chi connectivity index (χ4n) is 2.88. The van der Waals surface area contributed by atoms with Crippen molar-refractivity contribution in [1.29, 1.82) is 0 Å². The molecule has 27 heavy (non-hydrogen) atoms. The zero-order chi connectivity index (χ0) is 19.2. The molecule has 10 N–H and O–H groups in total. The minimum absolute atomic E-state index is 0. The van der Waals surface area contributed by atoms with Gasteiger partial charge in [-0.25, -0.2) is 0 Å². The maximum atomic E-state index is 11.0. The third kappa shape index (κ3) is 26.2. The van der Waals surface area contributed by atoms with Crippen molar-refractivity contribution in [3.63, 3.8) is 0 Å². The average Bonchev–Trinajstić information content (AvgIpc) is 2.45. The Morgan fingerprint density at radius 2 is 0.889 bits per heavy atom. The molecule has 168 valence electrons. The van der Waals surface area contributed by atoms with Crippen molar-refractivity contribution in [1.82, 2.24) is 17.2 Å².